The van der Waals surface area contributed by atoms with Gasteiger partial charge < -0.3 is 15.1 Å². The van der Waals surface area contributed by atoms with E-state index in [1.807, 2.05) is 18.2 Å². The number of hydrogen-bond donors (Lipinski definition) is 3. The lowest BCUT2D eigenvalue weighted by molar-refractivity contribution is -0.118. The number of amides is 1. The number of methoxy groups -OCH3 is 1. The minimum absolute atomic E-state index is 0.0215. The van der Waals surface area contributed by atoms with Gasteiger partial charge in [0.1, 0.15) is 11.3 Å². The van der Waals surface area contributed by atoms with Crippen LogP contribution in [0.4, 0.5) is 0 Å². The zero-order valence-electron chi connectivity index (χ0n) is 16.4. The van der Waals surface area contributed by atoms with Gasteiger partial charge in [0.2, 0.25) is 0 Å². The maximum atomic E-state index is 13.0. The highest BCUT2D eigenvalue weighted by Crippen LogP contribution is 2.34. The van der Waals surface area contributed by atoms with E-state index >= 15 is 0 Å². The van der Waals surface area contributed by atoms with Crippen LogP contribution in [0.5, 0.6) is 5.75 Å². The first-order valence-corrected chi connectivity index (χ1v) is 9.61. The molecule has 10 heteroatoms. The Morgan fingerprint density at radius 1 is 1.37 bits per heavy atom. The maximum absolute atomic E-state index is 13.0. The molecule has 3 heterocycles. The van der Waals surface area contributed by atoms with Crippen LogP contribution in [0.2, 0.25) is 0 Å². The fraction of sp³-hybridized carbons (Fsp3) is 0.200. The van der Waals surface area contributed by atoms with Gasteiger partial charge in [-0.1, -0.05) is 0 Å². The maximum Gasteiger partial charge on any atom is 0.261 e. The highest BCUT2D eigenvalue weighted by atomic mass is 32.1. The molecule has 0 bridgehead atoms. The number of hydrogen-bond acceptors (Lipinski definition) is 8. The van der Waals surface area contributed by atoms with Crippen molar-refractivity contribution in [1.29, 1.82) is 0 Å². The Kier molecular flexibility index (Phi) is 5.42. The average molecular weight is 424 g/mol. The van der Waals surface area contributed by atoms with Crippen LogP contribution in [0.3, 0.4) is 0 Å². The van der Waals surface area contributed by atoms with Gasteiger partial charge in [0, 0.05) is 29.1 Å². The fourth-order valence-electron chi connectivity index (χ4n) is 3.32. The summed E-state index contributed by atoms with van der Waals surface area (Å²) in [5, 5.41) is 8.73. The largest absolute Gasteiger partial charge is 0.496 e. The number of nitrogens with one attached hydrogen (secondary N) is 2. The van der Waals surface area contributed by atoms with E-state index in [9.17, 15) is 9.59 Å². The van der Waals surface area contributed by atoms with E-state index < -0.39 is 6.04 Å². The van der Waals surface area contributed by atoms with Gasteiger partial charge in [0.25, 0.3) is 5.91 Å². The van der Waals surface area contributed by atoms with Gasteiger partial charge in [-0.05, 0) is 31.2 Å². The second kappa shape index (κ2) is 8.17. The second-order valence-corrected chi connectivity index (χ2v) is 7.32. The minimum Gasteiger partial charge on any atom is -0.496 e. The topological polar surface area (TPSA) is 101 Å². The van der Waals surface area contributed by atoms with Crippen LogP contribution < -0.4 is 15.5 Å². The van der Waals surface area contributed by atoms with Crippen molar-refractivity contribution in [3.63, 3.8) is 0 Å². The molecule has 2 N–H and O–H groups in total. The first kappa shape index (κ1) is 19.9. The molecular formula is C20H20N6O3S. The number of thiol groups is 1. The zero-order valence-corrected chi connectivity index (χ0v) is 17.3. The summed E-state index contributed by atoms with van der Waals surface area (Å²) in [6, 6.07) is 6.78. The Hall–Kier alpha value is -3.37. The van der Waals surface area contributed by atoms with Crippen LogP contribution in [0.1, 0.15) is 28.9 Å². The molecule has 9 nitrogen and oxygen atoms in total. The summed E-state index contributed by atoms with van der Waals surface area (Å²) in [6.07, 6.45) is 6.49. The molecule has 30 heavy (non-hydrogen) atoms. The third kappa shape index (κ3) is 3.87. The number of Topliss-reactive ketones (excluding diaryl/α,β-unsaturated/α-hetero) is 1. The SMILES string of the molecule is COc1ccc(S)cc1C1NN(CC(C)=O)C=C1NC(=O)c1cnn2cccnc12. The smallest absolute Gasteiger partial charge is 0.261 e. The van der Waals surface area contributed by atoms with Crippen molar-refractivity contribution in [3.05, 3.63) is 65.9 Å². The number of ketones is 1. The Bertz CT molecular complexity index is 1160. The number of ether oxygens (including phenoxy) is 1. The van der Waals surface area contributed by atoms with E-state index in [2.05, 4.69) is 33.5 Å². The molecule has 4 rings (SSSR count). The Balaban J connectivity index is 1.68. The van der Waals surface area contributed by atoms with E-state index in [1.54, 1.807) is 36.8 Å². The van der Waals surface area contributed by atoms with Crippen LogP contribution >= 0.6 is 12.6 Å². The molecular weight excluding hydrogens is 404 g/mol. The first-order chi connectivity index (χ1) is 14.5. The first-order valence-electron chi connectivity index (χ1n) is 9.17. The van der Waals surface area contributed by atoms with Crippen molar-refractivity contribution in [2.24, 2.45) is 0 Å². The van der Waals surface area contributed by atoms with Crippen LogP contribution in [-0.4, -0.2) is 45.0 Å². The van der Waals surface area contributed by atoms with Gasteiger partial charge in [-0.3, -0.25) is 9.59 Å². The molecule has 1 aliphatic heterocycles. The van der Waals surface area contributed by atoms with E-state index in [4.69, 9.17) is 4.74 Å². The molecule has 0 radical (unpaired) electrons. The van der Waals surface area contributed by atoms with Crippen molar-refractivity contribution >= 4 is 30.0 Å². The molecule has 0 spiro atoms. The minimum atomic E-state index is -0.440. The molecule has 1 aromatic carbocycles. The lowest BCUT2D eigenvalue weighted by atomic mass is 10.0. The van der Waals surface area contributed by atoms with Crippen LogP contribution in [0.25, 0.3) is 5.65 Å². The van der Waals surface area contributed by atoms with E-state index in [0.717, 1.165) is 10.5 Å². The molecule has 0 saturated carbocycles. The molecule has 2 aromatic heterocycles. The number of nitrogens with zero attached hydrogens (tertiary/aromatic N) is 4. The number of hydrazine groups is 1. The standard InChI is InChI=1S/C20H20N6O3S/c1-12(27)10-25-11-16(18(24-25)14-8-13(30)4-5-17(14)29-2)23-20(28)15-9-22-26-7-3-6-21-19(15)26/h3-9,11,18,24,30H,10H2,1-2H3,(H,23,28). The van der Waals surface area contributed by atoms with Crippen molar-refractivity contribution in [2.75, 3.05) is 13.7 Å². The van der Waals surface area contributed by atoms with E-state index in [1.165, 1.54) is 17.6 Å². The Morgan fingerprint density at radius 3 is 2.97 bits per heavy atom. The molecule has 0 aliphatic carbocycles. The predicted octanol–water partition coefficient (Wildman–Crippen LogP) is 1.75. The molecule has 1 atom stereocenters. The lowest BCUT2D eigenvalue weighted by Gasteiger charge is -2.22. The van der Waals surface area contributed by atoms with Gasteiger partial charge in [0.15, 0.2) is 11.4 Å². The number of carbonyl (C=O) groups excluding carboxylic acids is 2. The number of carbonyl (C=O) groups is 2. The lowest BCUT2D eigenvalue weighted by Crippen LogP contribution is -2.36. The highest BCUT2D eigenvalue weighted by Gasteiger charge is 2.30. The summed E-state index contributed by atoms with van der Waals surface area (Å²) in [6.45, 7) is 1.65. The quantitative estimate of drug-likeness (QED) is 0.518. The Labute approximate surface area is 178 Å². The fourth-order valence-corrected chi connectivity index (χ4v) is 3.53. The zero-order chi connectivity index (χ0) is 21.3. The molecule has 1 unspecified atom stereocenters. The Morgan fingerprint density at radius 2 is 2.20 bits per heavy atom. The van der Waals surface area contributed by atoms with Crippen molar-refractivity contribution in [2.45, 2.75) is 17.9 Å². The van der Waals surface area contributed by atoms with Crippen LogP contribution in [0, 0.1) is 0 Å². The number of fused-ring (bicyclic) bond motifs is 1. The van der Waals surface area contributed by atoms with Crippen LogP contribution in [0.15, 0.2) is 59.6 Å². The van der Waals surface area contributed by atoms with Gasteiger partial charge in [-0.2, -0.15) is 5.10 Å². The summed E-state index contributed by atoms with van der Waals surface area (Å²) >= 11 is 4.42. The van der Waals surface area contributed by atoms with Crippen molar-refractivity contribution < 1.29 is 14.3 Å². The van der Waals surface area contributed by atoms with Crippen molar-refractivity contribution in [1.82, 2.24) is 30.3 Å². The molecule has 1 amide bonds. The molecule has 3 aromatic rings. The summed E-state index contributed by atoms with van der Waals surface area (Å²) in [7, 11) is 1.58. The third-order valence-electron chi connectivity index (χ3n) is 4.60. The molecule has 0 saturated heterocycles. The second-order valence-electron chi connectivity index (χ2n) is 6.80. The molecule has 154 valence electrons. The van der Waals surface area contributed by atoms with Crippen molar-refractivity contribution in [3.8, 4) is 5.75 Å². The normalized spacial score (nSPS) is 15.9. The molecule has 1 aliphatic rings. The number of rotatable bonds is 6. The number of aromatic nitrogens is 3. The summed E-state index contributed by atoms with van der Waals surface area (Å²) < 4.78 is 7.02. The predicted molar refractivity (Wildman–Crippen MR) is 112 cm³/mol. The summed E-state index contributed by atoms with van der Waals surface area (Å²) in [4.78, 5) is 29.6. The van der Waals surface area contributed by atoms with E-state index in [-0.39, 0.29) is 18.2 Å². The monoisotopic (exact) mass is 424 g/mol. The summed E-state index contributed by atoms with van der Waals surface area (Å²) in [5.74, 6) is 0.256. The number of benzene rings is 1. The van der Waals surface area contributed by atoms with Gasteiger partial charge in [-0.25, -0.2) is 14.9 Å². The van der Waals surface area contributed by atoms with Gasteiger partial charge >= 0.3 is 0 Å². The van der Waals surface area contributed by atoms with Gasteiger partial charge in [0.05, 0.1) is 31.6 Å². The van der Waals surface area contributed by atoms with Crippen LogP contribution in [-0.2, 0) is 4.79 Å². The average Bonchev–Trinajstić information content (AvgIpc) is 3.31. The highest BCUT2D eigenvalue weighted by molar-refractivity contribution is 7.80. The van der Waals surface area contributed by atoms with E-state index in [0.29, 0.717) is 22.7 Å². The van der Waals surface area contributed by atoms with Gasteiger partial charge in [-0.15, -0.1) is 12.6 Å². The summed E-state index contributed by atoms with van der Waals surface area (Å²) in [5.41, 5.74) is 5.37. The third-order valence-corrected chi connectivity index (χ3v) is 4.88. The molecule has 0 fully saturated rings.